The smallest absolute Gasteiger partial charge is 0.147 e. The molecular formula is C15H21N3S. The molecule has 1 heterocycles. The van der Waals surface area contributed by atoms with Crippen molar-refractivity contribution in [3.63, 3.8) is 0 Å². The van der Waals surface area contributed by atoms with Gasteiger partial charge in [-0.25, -0.2) is 0 Å². The first-order valence-corrected chi connectivity index (χ1v) is 7.52. The minimum atomic E-state index is 0.430. The number of nitrogens with zero attached hydrogens (tertiary/aromatic N) is 3. The molecule has 102 valence electrons. The normalized spacial score (nSPS) is 12.9. The molecule has 0 spiro atoms. The number of benzene rings is 1. The highest BCUT2D eigenvalue weighted by Gasteiger charge is 2.09. The van der Waals surface area contributed by atoms with Crippen LogP contribution in [0.2, 0.25) is 0 Å². The van der Waals surface area contributed by atoms with Crippen molar-refractivity contribution in [3.05, 3.63) is 34.8 Å². The highest BCUT2D eigenvalue weighted by molar-refractivity contribution is 7.14. The molecule has 0 amide bonds. The van der Waals surface area contributed by atoms with Crippen molar-refractivity contribution in [2.24, 2.45) is 0 Å². The second-order valence-electron chi connectivity index (χ2n) is 5.01. The Morgan fingerprint density at radius 3 is 2.42 bits per heavy atom. The van der Waals surface area contributed by atoms with Gasteiger partial charge in [-0.2, -0.15) is 0 Å². The molecule has 2 rings (SSSR count). The van der Waals surface area contributed by atoms with E-state index in [0.29, 0.717) is 6.04 Å². The van der Waals surface area contributed by atoms with E-state index in [1.165, 1.54) is 5.56 Å². The van der Waals surface area contributed by atoms with Gasteiger partial charge in [0.2, 0.25) is 0 Å². The summed E-state index contributed by atoms with van der Waals surface area (Å²) in [6, 6.07) is 9.08. The van der Waals surface area contributed by atoms with E-state index in [0.717, 1.165) is 28.4 Å². The van der Waals surface area contributed by atoms with Gasteiger partial charge in [-0.15, -0.1) is 10.2 Å². The number of hydrogen-bond donors (Lipinski definition) is 0. The summed E-state index contributed by atoms with van der Waals surface area (Å²) < 4.78 is 0. The van der Waals surface area contributed by atoms with Gasteiger partial charge in [0, 0.05) is 18.0 Å². The lowest BCUT2D eigenvalue weighted by Gasteiger charge is -2.20. The standard InChI is InChI=1S/C15H21N3S/c1-5-6-14-16-17-15(19-14)13-9-7-12(8-10-13)11(2)18(3)4/h7-11H,5-6H2,1-4H3. The lowest BCUT2D eigenvalue weighted by Crippen LogP contribution is -2.16. The molecule has 1 atom stereocenters. The van der Waals surface area contributed by atoms with E-state index in [9.17, 15) is 0 Å². The maximum atomic E-state index is 4.27. The molecule has 2 aromatic rings. The van der Waals surface area contributed by atoms with E-state index in [1.54, 1.807) is 11.3 Å². The lowest BCUT2D eigenvalue weighted by molar-refractivity contribution is 0.321. The Morgan fingerprint density at radius 1 is 1.16 bits per heavy atom. The van der Waals surface area contributed by atoms with Gasteiger partial charge < -0.3 is 4.90 Å². The quantitative estimate of drug-likeness (QED) is 0.831. The summed E-state index contributed by atoms with van der Waals surface area (Å²) in [7, 11) is 4.20. The maximum Gasteiger partial charge on any atom is 0.147 e. The molecule has 19 heavy (non-hydrogen) atoms. The highest BCUT2D eigenvalue weighted by atomic mass is 32.1. The average molecular weight is 275 g/mol. The molecule has 0 N–H and O–H groups in total. The van der Waals surface area contributed by atoms with Crippen LogP contribution >= 0.6 is 11.3 Å². The first-order valence-electron chi connectivity index (χ1n) is 6.71. The van der Waals surface area contributed by atoms with Crippen LogP contribution in [0.25, 0.3) is 10.6 Å². The van der Waals surface area contributed by atoms with Crippen molar-refractivity contribution >= 4 is 11.3 Å². The Hall–Kier alpha value is -1.26. The van der Waals surface area contributed by atoms with Crippen LogP contribution in [-0.2, 0) is 6.42 Å². The SMILES string of the molecule is CCCc1nnc(-c2ccc(C(C)N(C)C)cc2)s1. The van der Waals surface area contributed by atoms with Crippen LogP contribution < -0.4 is 0 Å². The fraction of sp³-hybridized carbons (Fsp3) is 0.467. The summed E-state index contributed by atoms with van der Waals surface area (Å²) in [5.74, 6) is 0. The van der Waals surface area contributed by atoms with Gasteiger partial charge in [0.05, 0.1) is 0 Å². The predicted octanol–water partition coefficient (Wildman–Crippen LogP) is 3.78. The fourth-order valence-corrected chi connectivity index (χ4v) is 2.83. The molecule has 0 fully saturated rings. The number of rotatable bonds is 5. The summed E-state index contributed by atoms with van der Waals surface area (Å²) >= 11 is 1.70. The van der Waals surface area contributed by atoms with E-state index in [2.05, 4.69) is 67.3 Å². The van der Waals surface area contributed by atoms with E-state index < -0.39 is 0 Å². The van der Waals surface area contributed by atoms with Crippen molar-refractivity contribution in [1.29, 1.82) is 0 Å². The minimum absolute atomic E-state index is 0.430. The third kappa shape index (κ3) is 3.39. The fourth-order valence-electron chi connectivity index (χ4n) is 1.89. The predicted molar refractivity (Wildman–Crippen MR) is 81.4 cm³/mol. The molecule has 0 aliphatic heterocycles. The van der Waals surface area contributed by atoms with Crippen LogP contribution in [0.5, 0.6) is 0 Å². The Kier molecular flexibility index (Phi) is 4.66. The maximum absolute atomic E-state index is 4.27. The van der Waals surface area contributed by atoms with Crippen LogP contribution in [-0.4, -0.2) is 29.2 Å². The lowest BCUT2D eigenvalue weighted by atomic mass is 10.1. The van der Waals surface area contributed by atoms with Crippen LogP contribution in [0.15, 0.2) is 24.3 Å². The summed E-state index contributed by atoms with van der Waals surface area (Å²) in [5, 5.41) is 10.6. The molecule has 0 aliphatic carbocycles. The zero-order valence-electron chi connectivity index (χ0n) is 12.1. The van der Waals surface area contributed by atoms with Crippen molar-refractivity contribution in [2.75, 3.05) is 14.1 Å². The third-order valence-electron chi connectivity index (χ3n) is 3.35. The summed E-state index contributed by atoms with van der Waals surface area (Å²) in [6.07, 6.45) is 2.14. The molecule has 1 unspecified atom stereocenters. The highest BCUT2D eigenvalue weighted by Crippen LogP contribution is 2.26. The second kappa shape index (κ2) is 6.26. The van der Waals surface area contributed by atoms with Crippen LogP contribution in [0.1, 0.15) is 36.9 Å². The minimum Gasteiger partial charge on any atom is -0.303 e. The average Bonchev–Trinajstić information content (AvgIpc) is 2.87. The third-order valence-corrected chi connectivity index (χ3v) is 4.38. The van der Waals surface area contributed by atoms with Crippen LogP contribution in [0, 0.1) is 0 Å². The molecular weight excluding hydrogens is 254 g/mol. The first kappa shape index (κ1) is 14.2. The molecule has 0 bridgehead atoms. The van der Waals surface area contributed by atoms with Crippen molar-refractivity contribution in [1.82, 2.24) is 15.1 Å². The van der Waals surface area contributed by atoms with E-state index in [1.807, 2.05) is 0 Å². The van der Waals surface area contributed by atoms with Gasteiger partial charge in [-0.05, 0) is 33.0 Å². The molecule has 0 saturated carbocycles. The van der Waals surface area contributed by atoms with Gasteiger partial charge in [0.1, 0.15) is 10.0 Å². The molecule has 0 saturated heterocycles. The van der Waals surface area contributed by atoms with Gasteiger partial charge in [-0.1, -0.05) is 42.5 Å². The zero-order valence-corrected chi connectivity index (χ0v) is 12.9. The van der Waals surface area contributed by atoms with Gasteiger partial charge in [-0.3, -0.25) is 0 Å². The van der Waals surface area contributed by atoms with Gasteiger partial charge in [0.15, 0.2) is 0 Å². The number of aromatic nitrogens is 2. The molecule has 0 aliphatic rings. The van der Waals surface area contributed by atoms with E-state index >= 15 is 0 Å². The van der Waals surface area contributed by atoms with Crippen LogP contribution in [0.4, 0.5) is 0 Å². The van der Waals surface area contributed by atoms with E-state index in [4.69, 9.17) is 0 Å². The summed E-state index contributed by atoms with van der Waals surface area (Å²) in [6.45, 7) is 4.37. The Balaban J connectivity index is 2.17. The molecule has 1 aromatic heterocycles. The summed E-state index contributed by atoms with van der Waals surface area (Å²) in [4.78, 5) is 2.21. The van der Waals surface area contributed by atoms with E-state index in [-0.39, 0.29) is 0 Å². The Labute approximate surface area is 119 Å². The molecule has 0 radical (unpaired) electrons. The molecule has 3 nitrogen and oxygen atoms in total. The second-order valence-corrected chi connectivity index (χ2v) is 6.07. The first-order chi connectivity index (χ1) is 9.11. The number of hydrogen-bond acceptors (Lipinski definition) is 4. The molecule has 1 aromatic carbocycles. The summed E-state index contributed by atoms with van der Waals surface area (Å²) in [5.41, 5.74) is 2.49. The Morgan fingerprint density at radius 2 is 1.84 bits per heavy atom. The van der Waals surface area contributed by atoms with Crippen molar-refractivity contribution < 1.29 is 0 Å². The zero-order chi connectivity index (χ0) is 13.8. The van der Waals surface area contributed by atoms with Gasteiger partial charge in [0.25, 0.3) is 0 Å². The van der Waals surface area contributed by atoms with Gasteiger partial charge >= 0.3 is 0 Å². The van der Waals surface area contributed by atoms with Crippen molar-refractivity contribution in [2.45, 2.75) is 32.7 Å². The topological polar surface area (TPSA) is 29.0 Å². The largest absolute Gasteiger partial charge is 0.303 e. The molecule has 4 heteroatoms. The number of aryl methyl sites for hydroxylation is 1. The Bertz CT molecular complexity index is 516. The van der Waals surface area contributed by atoms with Crippen molar-refractivity contribution in [3.8, 4) is 10.6 Å². The monoisotopic (exact) mass is 275 g/mol. The van der Waals surface area contributed by atoms with Crippen LogP contribution in [0.3, 0.4) is 0 Å².